The predicted molar refractivity (Wildman–Crippen MR) is 58.9 cm³/mol. The highest BCUT2D eigenvalue weighted by Crippen LogP contribution is 2.21. The lowest BCUT2D eigenvalue weighted by atomic mass is 9.98. The second-order valence-electron chi connectivity index (χ2n) is 3.88. The number of hydrogen-bond acceptors (Lipinski definition) is 9. The maximum Gasteiger partial charge on any atom is 0.397 e. The molecule has 0 bridgehead atoms. The molecule has 1 saturated heterocycles. The van der Waals surface area contributed by atoms with Gasteiger partial charge in [0, 0.05) is 0 Å². The highest BCUT2D eigenvalue weighted by Gasteiger charge is 2.45. The molecule has 0 spiro atoms. The summed E-state index contributed by atoms with van der Waals surface area (Å²) in [6, 6.07) is -1.79. The Balaban J connectivity index is 2.76. The minimum Gasteiger partial charge on any atom is -0.388 e. The van der Waals surface area contributed by atoms with Crippen LogP contribution in [0.15, 0.2) is 0 Å². The molecule has 20 heavy (non-hydrogen) atoms. The normalized spacial score (nSPS) is 36.0. The Bertz CT molecular complexity index is 527. The number of hydrogen-bond donors (Lipinski definition) is 6. The topological polar surface area (TPSA) is 200 Å². The average molecular weight is 339 g/mol. The van der Waals surface area contributed by atoms with E-state index in [0.29, 0.717) is 0 Å². The third kappa shape index (κ3) is 5.17. The summed E-state index contributed by atoms with van der Waals surface area (Å²) in [5, 5.41) is 28.6. The molecule has 0 aromatic carbocycles. The molecule has 2 unspecified atom stereocenters. The van der Waals surface area contributed by atoms with Gasteiger partial charge < -0.3 is 20.1 Å². The minimum absolute atomic E-state index is 0.938. The zero-order chi connectivity index (χ0) is 15.7. The number of nitrogens with one attached hydrogen (secondary N) is 1. The Morgan fingerprint density at radius 3 is 2.05 bits per heavy atom. The smallest absolute Gasteiger partial charge is 0.388 e. The van der Waals surface area contributed by atoms with Crippen LogP contribution in [0.5, 0.6) is 0 Å². The van der Waals surface area contributed by atoms with Gasteiger partial charge >= 0.3 is 20.7 Å². The Morgan fingerprint density at radius 1 is 1.05 bits per heavy atom. The van der Waals surface area contributed by atoms with E-state index in [9.17, 15) is 32.2 Å². The molecular weight excluding hydrogens is 326 g/mol. The van der Waals surface area contributed by atoms with Crippen molar-refractivity contribution in [1.82, 2.24) is 4.72 Å². The van der Waals surface area contributed by atoms with E-state index in [1.54, 1.807) is 0 Å². The molecule has 0 aromatic heterocycles. The Labute approximate surface area is 113 Å². The van der Waals surface area contributed by atoms with Crippen LogP contribution in [0.3, 0.4) is 0 Å². The second kappa shape index (κ2) is 6.14. The fraction of sp³-hybridized carbons (Fsp3) is 1.00. The fourth-order valence-corrected chi connectivity index (χ4v) is 2.44. The lowest BCUT2D eigenvalue weighted by Gasteiger charge is -2.39. The summed E-state index contributed by atoms with van der Waals surface area (Å²) in [6.45, 7) is -0.938. The SMILES string of the molecule is O=S(=O)(O)NC1[C@H](O)OC(COS(=O)(=O)O)[C@@H](O)[C@@H]1O. The molecule has 120 valence electrons. The van der Waals surface area contributed by atoms with Crippen LogP contribution >= 0.6 is 0 Å². The number of rotatable bonds is 5. The molecule has 1 heterocycles. The quantitative estimate of drug-likeness (QED) is 0.267. The van der Waals surface area contributed by atoms with Crippen molar-refractivity contribution in [3.63, 3.8) is 0 Å². The Kier molecular flexibility index (Phi) is 5.41. The average Bonchev–Trinajstić information content (AvgIpc) is 2.25. The van der Waals surface area contributed by atoms with Crippen LogP contribution in [0, 0.1) is 0 Å². The first-order chi connectivity index (χ1) is 8.91. The third-order valence-electron chi connectivity index (χ3n) is 2.39. The van der Waals surface area contributed by atoms with Crippen molar-refractivity contribution < 1.29 is 50.2 Å². The van der Waals surface area contributed by atoms with Crippen LogP contribution in [-0.2, 0) is 29.6 Å². The first kappa shape index (κ1) is 17.6. The van der Waals surface area contributed by atoms with E-state index in [2.05, 4.69) is 8.92 Å². The first-order valence-electron chi connectivity index (χ1n) is 4.97. The van der Waals surface area contributed by atoms with Gasteiger partial charge in [-0.1, -0.05) is 0 Å². The molecule has 6 N–H and O–H groups in total. The van der Waals surface area contributed by atoms with E-state index in [1.165, 1.54) is 4.72 Å². The Morgan fingerprint density at radius 2 is 1.60 bits per heavy atom. The summed E-state index contributed by atoms with van der Waals surface area (Å²) in [7, 11) is -9.62. The van der Waals surface area contributed by atoms with Crippen molar-refractivity contribution in [2.75, 3.05) is 6.61 Å². The molecule has 0 saturated carbocycles. The summed E-state index contributed by atoms with van der Waals surface area (Å²) in [5.41, 5.74) is 0. The van der Waals surface area contributed by atoms with Crippen molar-refractivity contribution in [1.29, 1.82) is 0 Å². The monoisotopic (exact) mass is 339 g/mol. The van der Waals surface area contributed by atoms with Gasteiger partial charge in [-0.25, -0.2) is 4.18 Å². The van der Waals surface area contributed by atoms with E-state index >= 15 is 0 Å². The van der Waals surface area contributed by atoms with Crippen molar-refractivity contribution in [3.8, 4) is 0 Å². The van der Waals surface area contributed by atoms with Gasteiger partial charge in [-0.15, -0.1) is 0 Å². The summed E-state index contributed by atoms with van der Waals surface area (Å²) >= 11 is 0. The molecule has 5 atom stereocenters. The van der Waals surface area contributed by atoms with Gasteiger partial charge in [0.1, 0.15) is 24.4 Å². The minimum atomic E-state index is -4.83. The summed E-state index contributed by atoms with van der Waals surface area (Å²) < 4.78 is 68.7. The molecule has 1 rings (SSSR count). The summed E-state index contributed by atoms with van der Waals surface area (Å²) in [6.07, 6.45) is -7.37. The largest absolute Gasteiger partial charge is 0.397 e. The summed E-state index contributed by atoms with van der Waals surface area (Å²) in [4.78, 5) is 0. The van der Waals surface area contributed by atoms with Gasteiger partial charge in [-0.05, 0) is 0 Å². The van der Waals surface area contributed by atoms with Crippen molar-refractivity contribution in [2.24, 2.45) is 0 Å². The van der Waals surface area contributed by atoms with Gasteiger partial charge in [-0.3, -0.25) is 9.11 Å². The van der Waals surface area contributed by atoms with E-state index < -0.39 is 58.0 Å². The lowest BCUT2D eigenvalue weighted by molar-refractivity contribution is -0.250. The maximum absolute atomic E-state index is 10.6. The molecule has 1 aliphatic heterocycles. The van der Waals surface area contributed by atoms with Crippen LogP contribution in [0.25, 0.3) is 0 Å². The lowest BCUT2D eigenvalue weighted by Crippen LogP contribution is -2.64. The van der Waals surface area contributed by atoms with Crippen molar-refractivity contribution in [2.45, 2.75) is 30.6 Å². The van der Waals surface area contributed by atoms with Crippen LogP contribution in [0.2, 0.25) is 0 Å². The Hall–Kier alpha value is -0.420. The summed E-state index contributed by atoms with van der Waals surface area (Å²) in [5.74, 6) is 0. The third-order valence-corrected chi connectivity index (χ3v) is 3.39. The van der Waals surface area contributed by atoms with E-state index in [4.69, 9.17) is 9.11 Å². The molecule has 1 fully saturated rings. The maximum atomic E-state index is 10.6. The highest BCUT2D eigenvalue weighted by molar-refractivity contribution is 7.83. The van der Waals surface area contributed by atoms with Gasteiger partial charge in [-0.2, -0.15) is 21.6 Å². The molecule has 14 heteroatoms. The molecule has 0 aromatic rings. The molecular formula is C6H13NO11S2. The van der Waals surface area contributed by atoms with E-state index in [0.717, 1.165) is 0 Å². The molecule has 0 radical (unpaired) electrons. The van der Waals surface area contributed by atoms with Crippen LogP contribution in [0.1, 0.15) is 0 Å². The predicted octanol–water partition coefficient (Wildman–Crippen LogP) is -3.99. The zero-order valence-corrected chi connectivity index (χ0v) is 11.2. The zero-order valence-electron chi connectivity index (χ0n) is 9.60. The van der Waals surface area contributed by atoms with Crippen LogP contribution in [-0.4, -0.2) is 78.5 Å². The molecule has 1 aliphatic rings. The van der Waals surface area contributed by atoms with Crippen molar-refractivity contribution >= 4 is 20.7 Å². The van der Waals surface area contributed by atoms with Crippen molar-refractivity contribution in [3.05, 3.63) is 0 Å². The first-order valence-corrected chi connectivity index (χ1v) is 7.77. The highest BCUT2D eigenvalue weighted by atomic mass is 32.3. The number of ether oxygens (including phenoxy) is 1. The van der Waals surface area contributed by atoms with Gasteiger partial charge in [0.2, 0.25) is 0 Å². The van der Waals surface area contributed by atoms with Gasteiger partial charge in [0.05, 0.1) is 6.61 Å². The molecule has 12 nitrogen and oxygen atoms in total. The second-order valence-corrected chi connectivity index (χ2v) is 6.15. The molecule has 0 amide bonds. The van der Waals surface area contributed by atoms with Gasteiger partial charge in [0.15, 0.2) is 6.29 Å². The fourth-order valence-electron chi connectivity index (χ4n) is 1.54. The van der Waals surface area contributed by atoms with E-state index in [-0.39, 0.29) is 0 Å². The van der Waals surface area contributed by atoms with Gasteiger partial charge in [0.25, 0.3) is 0 Å². The number of aliphatic hydroxyl groups is 3. The standard InChI is InChI=1S/C6H13NO11S2/c8-4-2(1-17-20(14,15)16)18-6(10)3(5(4)9)7-19(11,12)13/h2-10H,1H2,(H,11,12,13)(H,14,15,16)/t2?,3?,4-,5-,6-/m1/s1. The van der Waals surface area contributed by atoms with Crippen LogP contribution < -0.4 is 4.72 Å². The molecule has 0 aliphatic carbocycles. The van der Waals surface area contributed by atoms with E-state index in [1.807, 2.05) is 0 Å². The number of aliphatic hydroxyl groups excluding tert-OH is 3. The van der Waals surface area contributed by atoms with Crippen LogP contribution in [0.4, 0.5) is 0 Å².